The van der Waals surface area contributed by atoms with Gasteiger partial charge in [0.05, 0.1) is 16.8 Å². The van der Waals surface area contributed by atoms with Crippen molar-refractivity contribution in [3.63, 3.8) is 0 Å². The third-order valence-electron chi connectivity index (χ3n) is 4.12. The van der Waals surface area contributed by atoms with Gasteiger partial charge in [-0.05, 0) is 17.5 Å². The van der Waals surface area contributed by atoms with Gasteiger partial charge in [-0.1, -0.05) is 46.8 Å². The van der Waals surface area contributed by atoms with Crippen molar-refractivity contribution in [1.82, 2.24) is 15.2 Å². The van der Waals surface area contributed by atoms with Gasteiger partial charge in [-0.3, -0.25) is 5.10 Å². The molecule has 1 aromatic carbocycles. The Bertz CT molecular complexity index is 1070. The van der Waals surface area contributed by atoms with E-state index in [2.05, 4.69) is 30.3 Å². The molecule has 3 rings (SSSR count). The van der Waals surface area contributed by atoms with Crippen LogP contribution < -0.4 is 0 Å². The highest BCUT2D eigenvalue weighted by atomic mass is 32.1. The molecule has 0 aliphatic heterocycles. The van der Waals surface area contributed by atoms with Gasteiger partial charge in [0.15, 0.2) is 10.8 Å². The first kappa shape index (κ1) is 19.7. The molecule has 0 spiro atoms. The number of aromatic nitrogens is 3. The summed E-state index contributed by atoms with van der Waals surface area (Å²) in [5.41, 5.74) is 2.02. The summed E-state index contributed by atoms with van der Waals surface area (Å²) in [6.45, 7) is 17.3. The van der Waals surface area contributed by atoms with Gasteiger partial charge in [-0.2, -0.15) is 10.2 Å². The van der Waals surface area contributed by atoms with Gasteiger partial charge >= 0.3 is 0 Å². The van der Waals surface area contributed by atoms with Crippen molar-refractivity contribution in [3.05, 3.63) is 52.1 Å². The first-order chi connectivity index (χ1) is 13.2. The van der Waals surface area contributed by atoms with E-state index in [-0.39, 0.29) is 22.9 Å². The van der Waals surface area contributed by atoms with Gasteiger partial charge in [-0.15, -0.1) is 16.5 Å². The molecule has 2 aromatic heterocycles. The topological polar surface area (TPSA) is 90.9 Å². The Kier molecular flexibility index (Phi) is 5.29. The summed E-state index contributed by atoms with van der Waals surface area (Å²) in [6.07, 6.45) is 0. The van der Waals surface area contributed by atoms with Crippen LogP contribution in [-0.4, -0.2) is 20.3 Å². The Labute approximate surface area is 167 Å². The van der Waals surface area contributed by atoms with Crippen LogP contribution in [0.4, 0.5) is 11.5 Å². The van der Waals surface area contributed by atoms with Crippen LogP contribution >= 0.6 is 11.3 Å². The summed E-state index contributed by atoms with van der Waals surface area (Å²) < 4.78 is 0.988. The zero-order valence-corrected chi connectivity index (χ0v) is 17.3. The number of benzene rings is 1. The van der Waals surface area contributed by atoms with Crippen LogP contribution in [0.15, 0.2) is 40.2 Å². The van der Waals surface area contributed by atoms with Gasteiger partial charge < -0.3 is 5.11 Å². The molecular formula is C20H22N6OS. The molecule has 0 unspecified atom stereocenters. The van der Waals surface area contributed by atoms with E-state index in [0.29, 0.717) is 22.1 Å². The molecule has 0 bridgehead atoms. The lowest BCUT2D eigenvalue weighted by Crippen LogP contribution is -2.11. The molecule has 28 heavy (non-hydrogen) atoms. The number of H-pyrrole nitrogens is 1. The summed E-state index contributed by atoms with van der Waals surface area (Å²) in [7, 11) is 0. The van der Waals surface area contributed by atoms with E-state index >= 15 is 0 Å². The number of hydrogen-bond donors (Lipinski definition) is 2. The summed E-state index contributed by atoms with van der Waals surface area (Å²) in [4.78, 5) is 8.04. The van der Waals surface area contributed by atoms with E-state index in [1.54, 1.807) is 0 Å². The van der Waals surface area contributed by atoms with Crippen LogP contribution in [0, 0.1) is 12.5 Å². The predicted octanol–water partition coefficient (Wildman–Crippen LogP) is 6.53. The molecule has 0 aliphatic carbocycles. The molecule has 0 saturated heterocycles. The highest BCUT2D eigenvalue weighted by Gasteiger charge is 2.24. The molecule has 144 valence electrons. The number of thiazole rings is 1. The Balaban J connectivity index is 2.03. The zero-order valence-electron chi connectivity index (χ0n) is 16.5. The molecule has 2 N–H and O–H groups in total. The number of fused-ring (bicyclic) bond motifs is 1. The monoisotopic (exact) mass is 394 g/mol. The van der Waals surface area contributed by atoms with Gasteiger partial charge in [0.1, 0.15) is 5.70 Å². The molecule has 8 heteroatoms. The molecular weight excluding hydrogens is 372 g/mol. The maximum absolute atomic E-state index is 10.8. The molecule has 0 atom stereocenters. The molecule has 0 saturated carbocycles. The molecule has 3 aromatic rings. The third-order valence-corrected chi connectivity index (χ3v) is 5.17. The summed E-state index contributed by atoms with van der Waals surface area (Å²) in [5, 5.41) is 26.7. The number of para-hydroxylation sites is 1. The summed E-state index contributed by atoms with van der Waals surface area (Å²) >= 11 is 1.40. The Morgan fingerprint density at radius 3 is 2.61 bits per heavy atom. The average Bonchev–Trinajstić information content (AvgIpc) is 3.24. The van der Waals surface area contributed by atoms with Gasteiger partial charge in [-0.25, -0.2) is 9.83 Å². The van der Waals surface area contributed by atoms with Crippen LogP contribution in [0.3, 0.4) is 0 Å². The lowest BCUT2D eigenvalue weighted by molar-refractivity contribution is 0.495. The van der Waals surface area contributed by atoms with Crippen molar-refractivity contribution >= 4 is 38.8 Å². The Hall–Kier alpha value is -3.05. The number of nitrogens with one attached hydrogen (secondary N) is 1. The van der Waals surface area contributed by atoms with Crippen molar-refractivity contribution < 1.29 is 5.11 Å². The Morgan fingerprint density at radius 1 is 1.29 bits per heavy atom. The fraction of sp³-hybridized carbons (Fsp3) is 0.350. The Morgan fingerprint density at radius 2 is 2.00 bits per heavy atom. The smallest absolute Gasteiger partial charge is 0.255 e. The zero-order chi connectivity index (χ0) is 20.5. The molecule has 7 nitrogen and oxygen atoms in total. The van der Waals surface area contributed by atoms with Gasteiger partial charge in [0.25, 0.3) is 5.69 Å². The fourth-order valence-electron chi connectivity index (χ4n) is 2.65. The second-order valence-corrected chi connectivity index (χ2v) is 8.74. The lowest BCUT2D eigenvalue weighted by atomic mass is 9.91. The number of rotatable bonds is 4. The van der Waals surface area contributed by atoms with Crippen LogP contribution in [0.5, 0.6) is 0 Å². The van der Waals surface area contributed by atoms with E-state index in [0.717, 1.165) is 10.2 Å². The van der Waals surface area contributed by atoms with Crippen LogP contribution in [0.25, 0.3) is 20.8 Å². The number of aliphatic hydroxyl groups is 1. The third kappa shape index (κ3) is 3.80. The SMILES string of the molecule is [C-]#[N+]c1c(/N=N/C(=C(\O)c2nc3ccccc3s2)C(C)C)n[nH]c1C(C)(C)C. The number of azo groups is 1. The molecule has 0 radical (unpaired) electrons. The van der Waals surface area contributed by atoms with Crippen molar-refractivity contribution in [2.24, 2.45) is 16.1 Å². The van der Waals surface area contributed by atoms with Gasteiger partial charge in [0, 0.05) is 11.6 Å². The molecule has 0 amide bonds. The standard InChI is InChI=1S/C20H22N6OS/c1-11(2)14(16(27)19-22-12-9-7-8-10-13(12)28-19)23-25-18-15(21-6)17(24-26-18)20(3,4)5/h7-11,27H,1-5H3,(H,24,26)/b16-14-,25-23+. The van der Waals surface area contributed by atoms with E-state index in [9.17, 15) is 5.11 Å². The van der Waals surface area contributed by atoms with E-state index in [1.165, 1.54) is 11.3 Å². The maximum Gasteiger partial charge on any atom is 0.255 e. The number of aliphatic hydroxyl groups excluding tert-OH is 1. The highest BCUT2D eigenvalue weighted by Crippen LogP contribution is 2.38. The van der Waals surface area contributed by atoms with Crippen LogP contribution in [0.1, 0.15) is 45.3 Å². The first-order valence-corrected chi connectivity index (χ1v) is 9.71. The van der Waals surface area contributed by atoms with E-state index in [4.69, 9.17) is 6.57 Å². The normalized spacial score (nSPS) is 13.3. The van der Waals surface area contributed by atoms with Gasteiger partial charge in [0.2, 0.25) is 5.82 Å². The second-order valence-electron chi connectivity index (χ2n) is 7.71. The van der Waals surface area contributed by atoms with Crippen molar-refractivity contribution in [3.8, 4) is 0 Å². The number of hydrogen-bond acceptors (Lipinski definition) is 6. The minimum Gasteiger partial charge on any atom is -0.503 e. The number of nitrogens with zero attached hydrogens (tertiary/aromatic N) is 5. The molecule has 2 heterocycles. The highest BCUT2D eigenvalue weighted by molar-refractivity contribution is 7.19. The van der Waals surface area contributed by atoms with E-state index < -0.39 is 0 Å². The van der Waals surface area contributed by atoms with Crippen molar-refractivity contribution in [2.75, 3.05) is 0 Å². The summed E-state index contributed by atoms with van der Waals surface area (Å²) in [5.74, 6) is 0.124. The minimum absolute atomic E-state index is 0.00380. The maximum atomic E-state index is 10.8. The molecule has 0 aliphatic rings. The van der Waals surface area contributed by atoms with E-state index in [1.807, 2.05) is 58.9 Å². The predicted molar refractivity (Wildman–Crippen MR) is 112 cm³/mol. The second kappa shape index (κ2) is 7.52. The lowest BCUT2D eigenvalue weighted by Gasteiger charge is -2.16. The molecule has 0 fully saturated rings. The fourth-order valence-corrected chi connectivity index (χ4v) is 3.56. The number of aromatic amines is 1. The minimum atomic E-state index is -0.263. The first-order valence-electron chi connectivity index (χ1n) is 8.89. The largest absolute Gasteiger partial charge is 0.503 e. The summed E-state index contributed by atoms with van der Waals surface area (Å²) in [6, 6.07) is 7.70. The number of allylic oxidation sites excluding steroid dienone is 1. The van der Waals surface area contributed by atoms with Crippen LogP contribution in [-0.2, 0) is 5.41 Å². The quantitative estimate of drug-likeness (QED) is 0.299. The van der Waals surface area contributed by atoms with Crippen LogP contribution in [0.2, 0.25) is 0 Å². The van der Waals surface area contributed by atoms with Crippen molar-refractivity contribution in [2.45, 2.75) is 40.0 Å². The van der Waals surface area contributed by atoms with Crippen molar-refractivity contribution in [1.29, 1.82) is 0 Å². The average molecular weight is 395 g/mol.